The molecule has 1 amide bonds. The highest BCUT2D eigenvalue weighted by Gasteiger charge is 2.29. The Morgan fingerprint density at radius 3 is 2.56 bits per heavy atom. The Kier molecular flexibility index (Phi) is 7.92. The minimum Gasteiger partial charge on any atom is -0.383 e. The number of carbonyl (C=O) groups is 1. The molecule has 6 nitrogen and oxygen atoms in total. The van der Waals surface area contributed by atoms with Gasteiger partial charge in [0.2, 0.25) is 0 Å². The minimum absolute atomic E-state index is 0.0914. The molecule has 0 fully saturated rings. The molecule has 0 aliphatic carbocycles. The fraction of sp³-hybridized carbons (Fsp3) is 0.269. The number of carbonyl (C=O) groups excluding carboxylic acids is 1. The van der Waals surface area contributed by atoms with Crippen molar-refractivity contribution in [1.82, 2.24) is 14.5 Å². The van der Waals surface area contributed by atoms with Crippen molar-refractivity contribution in [2.45, 2.75) is 25.9 Å². The number of rotatable bonds is 9. The van der Waals surface area contributed by atoms with Crippen LogP contribution in [0.5, 0.6) is 0 Å². The van der Waals surface area contributed by atoms with E-state index in [9.17, 15) is 9.59 Å². The van der Waals surface area contributed by atoms with Crippen molar-refractivity contribution in [2.24, 2.45) is 0 Å². The first-order valence-electron chi connectivity index (χ1n) is 11.1. The van der Waals surface area contributed by atoms with Crippen LogP contribution in [0.1, 0.15) is 41.1 Å². The van der Waals surface area contributed by atoms with Crippen molar-refractivity contribution in [3.05, 3.63) is 97.8 Å². The third-order valence-electron chi connectivity index (χ3n) is 5.75. The highest BCUT2D eigenvalue weighted by molar-refractivity contribution is 9.10. The van der Waals surface area contributed by atoms with Gasteiger partial charge in [-0.05, 0) is 47.7 Å². The lowest BCUT2D eigenvalue weighted by Crippen LogP contribution is -2.40. The third kappa shape index (κ3) is 5.14. The number of methoxy groups -OCH3 is 1. The molecule has 0 aliphatic heterocycles. The summed E-state index contributed by atoms with van der Waals surface area (Å²) in [5, 5.41) is 2.48. The molecule has 0 bridgehead atoms. The van der Waals surface area contributed by atoms with Crippen LogP contribution in [-0.2, 0) is 11.3 Å². The molecule has 1 unspecified atom stereocenters. The van der Waals surface area contributed by atoms with E-state index >= 15 is 0 Å². The van der Waals surface area contributed by atoms with Crippen molar-refractivity contribution in [3.8, 4) is 0 Å². The number of halogens is 1. The predicted molar refractivity (Wildman–Crippen MR) is 140 cm³/mol. The largest absolute Gasteiger partial charge is 0.383 e. The maximum atomic E-state index is 13.6. The molecule has 0 aliphatic rings. The number of nitrogens with zero attached hydrogens (tertiary/aromatic N) is 3. The predicted octanol–water partition coefficient (Wildman–Crippen LogP) is 5.51. The quantitative estimate of drug-likeness (QED) is 0.281. The number of hydrogen-bond acceptors (Lipinski definition) is 5. The van der Waals surface area contributed by atoms with Gasteiger partial charge in [-0.15, -0.1) is 11.3 Å². The topological polar surface area (TPSA) is 64.4 Å². The molecule has 2 aromatic carbocycles. The summed E-state index contributed by atoms with van der Waals surface area (Å²) in [5.74, 6) is 0.469. The van der Waals surface area contributed by atoms with Gasteiger partial charge in [-0.1, -0.05) is 53.2 Å². The highest BCUT2D eigenvalue weighted by atomic mass is 79.9. The molecule has 0 saturated heterocycles. The van der Waals surface area contributed by atoms with Crippen LogP contribution in [0.25, 0.3) is 10.2 Å². The summed E-state index contributed by atoms with van der Waals surface area (Å²) in [6, 6.07) is 18.6. The Morgan fingerprint density at radius 2 is 1.88 bits per heavy atom. The van der Waals surface area contributed by atoms with Crippen LogP contribution in [0.2, 0.25) is 0 Å². The summed E-state index contributed by atoms with van der Waals surface area (Å²) in [6.07, 6.45) is 0.601. The lowest BCUT2D eigenvalue weighted by atomic mass is 10.1. The molecule has 0 spiro atoms. The minimum atomic E-state index is -0.394. The Balaban J connectivity index is 1.84. The molecule has 0 saturated carbocycles. The highest BCUT2D eigenvalue weighted by Crippen LogP contribution is 2.27. The lowest BCUT2D eigenvalue weighted by molar-refractivity contribution is 0.0577. The summed E-state index contributed by atoms with van der Waals surface area (Å²) in [7, 11) is 1.62. The standard InChI is InChI=1S/C26H26BrN3O3S/c1-3-22(29(14-15-33-2)25(31)19-9-11-20(27)12-10-19)23-28-24-21(13-16-34-24)26(32)30(23)17-18-7-5-4-6-8-18/h4-13,16,22H,3,14-15,17H2,1-2H3. The van der Waals surface area contributed by atoms with Crippen molar-refractivity contribution in [1.29, 1.82) is 0 Å². The van der Waals surface area contributed by atoms with Gasteiger partial charge in [0.1, 0.15) is 10.7 Å². The van der Waals surface area contributed by atoms with E-state index in [2.05, 4.69) is 15.9 Å². The van der Waals surface area contributed by atoms with Crippen molar-refractivity contribution < 1.29 is 9.53 Å². The van der Waals surface area contributed by atoms with Crippen LogP contribution in [0.15, 0.2) is 75.3 Å². The van der Waals surface area contributed by atoms with E-state index in [-0.39, 0.29) is 11.5 Å². The second-order valence-electron chi connectivity index (χ2n) is 7.91. The zero-order chi connectivity index (χ0) is 24.1. The molecule has 0 N–H and O–H groups in total. The molecule has 4 aromatic rings. The fourth-order valence-electron chi connectivity index (χ4n) is 4.03. The van der Waals surface area contributed by atoms with E-state index in [4.69, 9.17) is 9.72 Å². The lowest BCUT2D eigenvalue weighted by Gasteiger charge is -2.32. The number of thiophene rings is 1. The summed E-state index contributed by atoms with van der Waals surface area (Å²) in [6.45, 7) is 3.16. The molecular formula is C26H26BrN3O3S. The molecule has 176 valence electrons. The van der Waals surface area contributed by atoms with Gasteiger partial charge in [0, 0.05) is 23.7 Å². The van der Waals surface area contributed by atoms with Gasteiger partial charge in [0.15, 0.2) is 0 Å². The first-order valence-corrected chi connectivity index (χ1v) is 12.8. The molecule has 4 rings (SSSR count). The van der Waals surface area contributed by atoms with Crippen molar-refractivity contribution >= 4 is 43.4 Å². The van der Waals surface area contributed by atoms with Gasteiger partial charge in [0.05, 0.1) is 24.6 Å². The molecule has 1 atom stereocenters. The fourth-order valence-corrected chi connectivity index (χ4v) is 5.05. The van der Waals surface area contributed by atoms with Gasteiger partial charge >= 0.3 is 0 Å². The molecule has 2 heterocycles. The van der Waals surface area contributed by atoms with Gasteiger partial charge in [-0.3, -0.25) is 14.2 Å². The second-order valence-corrected chi connectivity index (χ2v) is 9.72. The Labute approximate surface area is 211 Å². The van der Waals surface area contributed by atoms with Crippen LogP contribution in [0.4, 0.5) is 0 Å². The maximum absolute atomic E-state index is 13.6. The molecule has 34 heavy (non-hydrogen) atoms. The second kappa shape index (κ2) is 11.1. The monoisotopic (exact) mass is 539 g/mol. The SMILES string of the molecule is CCC(c1nc2sccc2c(=O)n1Cc1ccccc1)N(CCOC)C(=O)c1ccc(Br)cc1. The third-order valence-corrected chi connectivity index (χ3v) is 7.08. The van der Waals surface area contributed by atoms with Crippen LogP contribution < -0.4 is 5.56 Å². The maximum Gasteiger partial charge on any atom is 0.262 e. The van der Waals surface area contributed by atoms with Crippen LogP contribution in [0.3, 0.4) is 0 Å². The average Bonchev–Trinajstić information content (AvgIpc) is 3.33. The molecular weight excluding hydrogens is 514 g/mol. The van der Waals surface area contributed by atoms with Gasteiger partial charge in [0.25, 0.3) is 11.5 Å². The average molecular weight is 540 g/mol. The van der Waals surface area contributed by atoms with E-state index in [1.54, 1.807) is 28.7 Å². The van der Waals surface area contributed by atoms with Crippen LogP contribution in [-0.4, -0.2) is 40.6 Å². The molecule has 0 radical (unpaired) electrons. The Bertz CT molecular complexity index is 1320. The molecule has 8 heteroatoms. The number of aromatic nitrogens is 2. The van der Waals surface area contributed by atoms with Crippen molar-refractivity contribution in [3.63, 3.8) is 0 Å². The summed E-state index contributed by atoms with van der Waals surface area (Å²) >= 11 is 4.87. The first kappa shape index (κ1) is 24.3. The number of fused-ring (bicyclic) bond motifs is 1. The zero-order valence-electron chi connectivity index (χ0n) is 19.1. The van der Waals surface area contributed by atoms with Gasteiger partial charge in [-0.25, -0.2) is 4.98 Å². The number of ether oxygens (including phenoxy) is 1. The summed E-state index contributed by atoms with van der Waals surface area (Å²) in [5.41, 5.74) is 1.48. The van der Waals surface area contributed by atoms with Gasteiger partial charge in [-0.2, -0.15) is 0 Å². The first-order chi connectivity index (χ1) is 16.5. The summed E-state index contributed by atoms with van der Waals surface area (Å²) < 4.78 is 7.95. The van der Waals surface area contributed by atoms with E-state index in [1.165, 1.54) is 11.3 Å². The smallest absolute Gasteiger partial charge is 0.262 e. The Morgan fingerprint density at radius 1 is 1.15 bits per heavy atom. The Hall–Kier alpha value is -2.81. The van der Waals surface area contributed by atoms with Crippen molar-refractivity contribution in [2.75, 3.05) is 20.3 Å². The van der Waals surface area contributed by atoms with Crippen LogP contribution >= 0.6 is 27.3 Å². The number of benzene rings is 2. The summed E-state index contributed by atoms with van der Waals surface area (Å²) in [4.78, 5) is 34.6. The molecule has 2 aromatic heterocycles. The van der Waals surface area contributed by atoms with Crippen LogP contribution in [0, 0.1) is 0 Å². The zero-order valence-corrected chi connectivity index (χ0v) is 21.5. The van der Waals surface area contributed by atoms with Gasteiger partial charge < -0.3 is 9.64 Å². The van der Waals surface area contributed by atoms with E-state index < -0.39 is 6.04 Å². The van der Waals surface area contributed by atoms with E-state index in [1.807, 2.05) is 60.8 Å². The normalized spacial score (nSPS) is 12.1. The van der Waals surface area contributed by atoms with E-state index in [0.29, 0.717) is 47.7 Å². The number of amides is 1. The van der Waals surface area contributed by atoms with E-state index in [0.717, 1.165) is 10.0 Å². The number of hydrogen-bond donors (Lipinski definition) is 0.